The molecule has 0 aliphatic carbocycles. The van der Waals surface area contributed by atoms with E-state index in [4.69, 9.17) is 14.2 Å². The maximum absolute atomic E-state index is 12.8. The van der Waals surface area contributed by atoms with E-state index in [9.17, 15) is 9.59 Å². The normalized spacial score (nSPS) is 10.4. The summed E-state index contributed by atoms with van der Waals surface area (Å²) >= 11 is 6.70. The third-order valence-corrected chi connectivity index (χ3v) is 5.32. The van der Waals surface area contributed by atoms with Crippen LogP contribution in [0.15, 0.2) is 75.7 Å². The zero-order valence-electron chi connectivity index (χ0n) is 16.1. The smallest absolute Gasteiger partial charge is 0.347 e. The molecule has 0 atom stereocenters. The molecule has 0 aliphatic heterocycles. The molecule has 3 aromatic carbocycles. The Kier molecular flexibility index (Phi) is 7.65. The van der Waals surface area contributed by atoms with Crippen LogP contribution in [0, 0.1) is 0 Å². The number of carbonyl (C=O) groups excluding carboxylic acids is 2. The fraction of sp³-hybridized carbons (Fsp3) is 0.130. The SMILES string of the molecule is COC(=O)c1ccc(OC(=O)c2cc(Br)ccc2OCCc2ccccc2)c(Br)c1. The second kappa shape index (κ2) is 10.4. The molecule has 0 spiro atoms. The van der Waals surface area contributed by atoms with E-state index < -0.39 is 11.9 Å². The standard InChI is InChI=1S/C23H18Br2O5/c1-28-22(26)16-7-9-21(19(25)13-16)30-23(27)18-14-17(24)8-10-20(18)29-12-11-15-5-3-2-4-6-15/h2-10,13-14H,11-12H2,1H3. The molecule has 3 aromatic rings. The Hall–Kier alpha value is -2.64. The van der Waals surface area contributed by atoms with E-state index in [0.29, 0.717) is 34.4 Å². The maximum Gasteiger partial charge on any atom is 0.347 e. The van der Waals surface area contributed by atoms with Crippen LogP contribution in [0.2, 0.25) is 0 Å². The lowest BCUT2D eigenvalue weighted by Gasteiger charge is -2.13. The molecule has 0 N–H and O–H groups in total. The third kappa shape index (κ3) is 5.70. The van der Waals surface area contributed by atoms with Crippen LogP contribution in [0.1, 0.15) is 26.3 Å². The largest absolute Gasteiger partial charge is 0.492 e. The fourth-order valence-electron chi connectivity index (χ4n) is 2.69. The van der Waals surface area contributed by atoms with E-state index in [2.05, 4.69) is 31.9 Å². The van der Waals surface area contributed by atoms with Gasteiger partial charge in [0.2, 0.25) is 0 Å². The van der Waals surface area contributed by atoms with Gasteiger partial charge in [0.25, 0.3) is 0 Å². The van der Waals surface area contributed by atoms with Crippen molar-refractivity contribution in [3.8, 4) is 11.5 Å². The fourth-order valence-corrected chi connectivity index (χ4v) is 3.52. The molecule has 0 amide bonds. The van der Waals surface area contributed by atoms with Gasteiger partial charge in [0.15, 0.2) is 0 Å². The number of esters is 2. The molecule has 0 saturated carbocycles. The summed E-state index contributed by atoms with van der Waals surface area (Å²) in [5.74, 6) is -0.337. The van der Waals surface area contributed by atoms with Crippen molar-refractivity contribution in [2.24, 2.45) is 0 Å². The molecule has 154 valence electrons. The molecule has 0 saturated heterocycles. The van der Waals surface area contributed by atoms with Gasteiger partial charge < -0.3 is 14.2 Å². The van der Waals surface area contributed by atoms with Crippen molar-refractivity contribution in [1.29, 1.82) is 0 Å². The lowest BCUT2D eigenvalue weighted by Crippen LogP contribution is -2.12. The van der Waals surface area contributed by atoms with E-state index >= 15 is 0 Å². The third-order valence-electron chi connectivity index (χ3n) is 4.21. The van der Waals surface area contributed by atoms with E-state index in [-0.39, 0.29) is 5.75 Å². The number of hydrogen-bond donors (Lipinski definition) is 0. The Morgan fingerprint density at radius 1 is 0.867 bits per heavy atom. The second-order valence-electron chi connectivity index (χ2n) is 6.25. The summed E-state index contributed by atoms with van der Waals surface area (Å²) in [6.45, 7) is 0.420. The molecule has 0 heterocycles. The molecule has 0 unspecified atom stereocenters. The highest BCUT2D eigenvalue weighted by Crippen LogP contribution is 2.30. The van der Waals surface area contributed by atoms with Gasteiger partial charge >= 0.3 is 11.9 Å². The van der Waals surface area contributed by atoms with Crippen LogP contribution in [0.25, 0.3) is 0 Å². The first-order valence-electron chi connectivity index (χ1n) is 9.04. The molecular weight excluding hydrogens is 516 g/mol. The van der Waals surface area contributed by atoms with Gasteiger partial charge in [0.05, 0.1) is 23.8 Å². The summed E-state index contributed by atoms with van der Waals surface area (Å²) in [7, 11) is 1.30. The van der Waals surface area contributed by atoms with Crippen LogP contribution in [0.4, 0.5) is 0 Å². The van der Waals surface area contributed by atoms with Gasteiger partial charge in [-0.2, -0.15) is 0 Å². The molecule has 5 nitrogen and oxygen atoms in total. The first-order valence-corrected chi connectivity index (χ1v) is 10.6. The summed E-state index contributed by atoms with van der Waals surface area (Å²) in [5, 5.41) is 0. The first-order chi connectivity index (χ1) is 14.5. The highest BCUT2D eigenvalue weighted by Gasteiger charge is 2.18. The number of ether oxygens (including phenoxy) is 3. The van der Waals surface area contributed by atoms with Crippen LogP contribution in [0.5, 0.6) is 11.5 Å². The van der Waals surface area contributed by atoms with Crippen molar-refractivity contribution in [3.63, 3.8) is 0 Å². The van der Waals surface area contributed by atoms with Crippen LogP contribution >= 0.6 is 31.9 Å². The minimum Gasteiger partial charge on any atom is -0.492 e. The summed E-state index contributed by atoms with van der Waals surface area (Å²) in [6, 6.07) is 19.7. The van der Waals surface area contributed by atoms with Crippen molar-refractivity contribution in [3.05, 3.63) is 92.4 Å². The highest BCUT2D eigenvalue weighted by molar-refractivity contribution is 9.10. The van der Waals surface area contributed by atoms with Crippen molar-refractivity contribution in [1.82, 2.24) is 0 Å². The van der Waals surface area contributed by atoms with E-state index in [1.807, 2.05) is 30.3 Å². The Bertz CT molecular complexity index is 1050. The maximum atomic E-state index is 12.8. The number of benzene rings is 3. The highest BCUT2D eigenvalue weighted by atomic mass is 79.9. The molecule has 30 heavy (non-hydrogen) atoms. The average Bonchev–Trinajstić information content (AvgIpc) is 2.76. The number of rotatable bonds is 7. The molecule has 0 radical (unpaired) electrons. The van der Waals surface area contributed by atoms with E-state index in [1.54, 1.807) is 18.2 Å². The van der Waals surface area contributed by atoms with Crippen molar-refractivity contribution < 1.29 is 23.8 Å². The van der Waals surface area contributed by atoms with Crippen LogP contribution in [-0.2, 0) is 11.2 Å². The lowest BCUT2D eigenvalue weighted by molar-refractivity contribution is 0.0600. The average molecular weight is 534 g/mol. The Balaban J connectivity index is 1.73. The van der Waals surface area contributed by atoms with Gasteiger partial charge in [-0.25, -0.2) is 9.59 Å². The van der Waals surface area contributed by atoms with Crippen molar-refractivity contribution in [2.75, 3.05) is 13.7 Å². The predicted octanol–water partition coefficient (Wildman–Crippen LogP) is 5.84. The summed E-state index contributed by atoms with van der Waals surface area (Å²) < 4.78 is 17.3. The van der Waals surface area contributed by atoms with Gasteiger partial charge in [-0.3, -0.25) is 0 Å². The minimum absolute atomic E-state index is 0.280. The van der Waals surface area contributed by atoms with E-state index in [0.717, 1.165) is 10.0 Å². The zero-order chi connectivity index (χ0) is 21.5. The molecule has 0 aromatic heterocycles. The van der Waals surface area contributed by atoms with Crippen LogP contribution in [0.3, 0.4) is 0 Å². The van der Waals surface area contributed by atoms with E-state index in [1.165, 1.54) is 25.3 Å². The monoisotopic (exact) mass is 532 g/mol. The summed E-state index contributed by atoms with van der Waals surface area (Å²) in [5.41, 5.74) is 1.78. The molecule has 7 heteroatoms. The van der Waals surface area contributed by atoms with Gasteiger partial charge in [-0.15, -0.1) is 0 Å². The topological polar surface area (TPSA) is 61.8 Å². The second-order valence-corrected chi connectivity index (χ2v) is 8.02. The molecular formula is C23H18Br2O5. The van der Waals surface area contributed by atoms with Gasteiger partial charge in [0, 0.05) is 10.9 Å². The quantitative estimate of drug-likeness (QED) is 0.282. The Labute approximate surface area is 191 Å². The van der Waals surface area contributed by atoms with Crippen molar-refractivity contribution >= 4 is 43.8 Å². The predicted molar refractivity (Wildman–Crippen MR) is 120 cm³/mol. The number of halogens is 2. The van der Waals surface area contributed by atoms with Gasteiger partial charge in [-0.1, -0.05) is 46.3 Å². The van der Waals surface area contributed by atoms with Crippen LogP contribution < -0.4 is 9.47 Å². The van der Waals surface area contributed by atoms with Gasteiger partial charge in [-0.05, 0) is 57.9 Å². The molecule has 3 rings (SSSR count). The Morgan fingerprint density at radius 2 is 1.60 bits per heavy atom. The molecule has 0 bridgehead atoms. The summed E-state index contributed by atoms with van der Waals surface area (Å²) in [4.78, 5) is 24.4. The molecule has 0 aliphatic rings. The first kappa shape index (κ1) is 22.1. The van der Waals surface area contributed by atoms with Crippen molar-refractivity contribution in [2.45, 2.75) is 6.42 Å². The van der Waals surface area contributed by atoms with Gasteiger partial charge in [0.1, 0.15) is 17.1 Å². The number of hydrogen-bond acceptors (Lipinski definition) is 5. The zero-order valence-corrected chi connectivity index (χ0v) is 19.2. The minimum atomic E-state index is -0.572. The lowest BCUT2D eigenvalue weighted by atomic mass is 10.1. The Morgan fingerprint density at radius 3 is 2.30 bits per heavy atom. The molecule has 0 fully saturated rings. The van der Waals surface area contributed by atoms with Crippen LogP contribution in [-0.4, -0.2) is 25.7 Å². The number of carbonyl (C=O) groups is 2. The summed E-state index contributed by atoms with van der Waals surface area (Å²) in [6.07, 6.45) is 0.714. The number of methoxy groups -OCH3 is 1.